The maximum absolute atomic E-state index is 8.63. The van der Waals surface area contributed by atoms with Crippen LogP contribution < -0.4 is 5.32 Å². The molecule has 224 valence electrons. The first-order valence-electron chi connectivity index (χ1n) is 16.2. The fourth-order valence-corrected chi connectivity index (χ4v) is 6.36. The first-order valence-corrected chi connectivity index (χ1v) is 16.2. The van der Waals surface area contributed by atoms with Crippen LogP contribution in [0.15, 0.2) is 54.7 Å². The summed E-state index contributed by atoms with van der Waals surface area (Å²) in [6.45, 7) is 15.0. The molecule has 41 heavy (non-hydrogen) atoms. The predicted molar refractivity (Wildman–Crippen MR) is 173 cm³/mol. The van der Waals surface area contributed by atoms with Crippen LogP contribution in [0.2, 0.25) is 0 Å². The van der Waals surface area contributed by atoms with Gasteiger partial charge in [0.2, 0.25) is 0 Å². The Hall–Kier alpha value is -2.59. The molecule has 1 heterocycles. The molecule has 2 aromatic carbocycles. The molecule has 3 N–H and O–H groups in total. The average Bonchev–Trinajstić information content (AvgIpc) is 3.44. The van der Waals surface area contributed by atoms with Crippen LogP contribution in [0.1, 0.15) is 129 Å². The standard InChI is InChI=1S/C31H49N3.C6H6O/c1-30(2,3)25-17-24(18-26(19-25)31(4,5)6)27-21-33-29(34-27)28(23-15-11-8-12-16-23)32-20-22-13-9-7-10-14-22;7-6-4-2-1-3-5-6/h17-19,21-23,28,32H,7-16,20H2,1-6H3,(H,33,34);1-5,7H. The lowest BCUT2D eigenvalue weighted by atomic mass is 9.79. The lowest BCUT2D eigenvalue weighted by Gasteiger charge is -2.32. The molecule has 0 radical (unpaired) electrons. The van der Waals surface area contributed by atoms with E-state index in [-0.39, 0.29) is 10.8 Å². The van der Waals surface area contributed by atoms with E-state index in [4.69, 9.17) is 10.1 Å². The Balaban J connectivity index is 0.000000483. The summed E-state index contributed by atoms with van der Waals surface area (Å²) in [5.41, 5.74) is 5.45. The maximum Gasteiger partial charge on any atom is 0.123 e. The number of hydrogen-bond donors (Lipinski definition) is 3. The van der Waals surface area contributed by atoms with Gasteiger partial charge in [0.25, 0.3) is 0 Å². The molecule has 1 unspecified atom stereocenters. The maximum atomic E-state index is 8.63. The molecule has 3 aromatic rings. The van der Waals surface area contributed by atoms with Crippen molar-refractivity contribution in [3.63, 3.8) is 0 Å². The van der Waals surface area contributed by atoms with Gasteiger partial charge in [0.1, 0.15) is 11.6 Å². The Morgan fingerprint density at radius 2 is 1.37 bits per heavy atom. The fourth-order valence-electron chi connectivity index (χ4n) is 6.36. The molecule has 4 nitrogen and oxygen atoms in total. The number of H-pyrrole nitrogens is 1. The van der Waals surface area contributed by atoms with Crippen LogP contribution in [0, 0.1) is 11.8 Å². The summed E-state index contributed by atoms with van der Waals surface area (Å²) in [6.07, 6.45) is 15.9. The highest BCUT2D eigenvalue weighted by Crippen LogP contribution is 2.37. The summed E-state index contributed by atoms with van der Waals surface area (Å²) in [6, 6.07) is 16.2. The molecule has 2 aliphatic rings. The van der Waals surface area contributed by atoms with Crippen molar-refractivity contribution in [3.8, 4) is 17.0 Å². The zero-order valence-electron chi connectivity index (χ0n) is 26.6. The number of rotatable bonds is 6. The number of nitrogens with zero attached hydrogens (tertiary/aromatic N) is 1. The molecule has 5 rings (SSSR count). The summed E-state index contributed by atoms with van der Waals surface area (Å²) < 4.78 is 0. The van der Waals surface area contributed by atoms with Crippen molar-refractivity contribution >= 4 is 0 Å². The average molecular weight is 558 g/mol. The van der Waals surface area contributed by atoms with Gasteiger partial charge in [-0.05, 0) is 90.3 Å². The topological polar surface area (TPSA) is 60.9 Å². The van der Waals surface area contributed by atoms with Crippen LogP contribution in [-0.2, 0) is 10.8 Å². The van der Waals surface area contributed by atoms with E-state index in [9.17, 15) is 0 Å². The third-order valence-electron chi connectivity index (χ3n) is 9.09. The summed E-state index contributed by atoms with van der Waals surface area (Å²) in [7, 11) is 0. The Bertz CT molecular complexity index is 1160. The second-order valence-electron chi connectivity index (χ2n) is 14.6. The highest BCUT2D eigenvalue weighted by molar-refractivity contribution is 5.62. The van der Waals surface area contributed by atoms with Gasteiger partial charge in [-0.15, -0.1) is 0 Å². The van der Waals surface area contributed by atoms with Gasteiger partial charge < -0.3 is 15.4 Å². The minimum atomic E-state index is 0.116. The molecule has 0 spiro atoms. The van der Waals surface area contributed by atoms with Gasteiger partial charge in [-0.2, -0.15) is 0 Å². The highest BCUT2D eigenvalue weighted by atomic mass is 16.3. The third-order valence-corrected chi connectivity index (χ3v) is 9.09. The van der Waals surface area contributed by atoms with E-state index < -0.39 is 0 Å². The molecular formula is C37H55N3O. The molecule has 0 amide bonds. The number of phenols is 1. The number of aromatic hydroxyl groups is 1. The van der Waals surface area contributed by atoms with Gasteiger partial charge in [0.05, 0.1) is 17.9 Å². The normalized spacial score (nSPS) is 18.0. The van der Waals surface area contributed by atoms with E-state index in [1.54, 1.807) is 24.3 Å². The molecule has 0 saturated heterocycles. The van der Waals surface area contributed by atoms with Gasteiger partial charge in [0.15, 0.2) is 0 Å². The zero-order valence-corrected chi connectivity index (χ0v) is 26.6. The van der Waals surface area contributed by atoms with E-state index >= 15 is 0 Å². The van der Waals surface area contributed by atoms with Crippen molar-refractivity contribution in [1.29, 1.82) is 0 Å². The van der Waals surface area contributed by atoms with Crippen LogP contribution in [-0.4, -0.2) is 21.6 Å². The number of para-hydroxylation sites is 1. The van der Waals surface area contributed by atoms with E-state index in [1.165, 1.54) is 80.9 Å². The van der Waals surface area contributed by atoms with Crippen molar-refractivity contribution in [1.82, 2.24) is 15.3 Å². The van der Waals surface area contributed by atoms with Gasteiger partial charge >= 0.3 is 0 Å². The molecule has 2 saturated carbocycles. The Kier molecular flexibility index (Phi) is 10.7. The zero-order chi connectivity index (χ0) is 29.5. The summed E-state index contributed by atoms with van der Waals surface area (Å²) in [5, 5.41) is 12.7. The second kappa shape index (κ2) is 14.1. The van der Waals surface area contributed by atoms with E-state index in [0.29, 0.717) is 17.7 Å². The van der Waals surface area contributed by atoms with Gasteiger partial charge in [-0.3, -0.25) is 0 Å². The van der Waals surface area contributed by atoms with Crippen LogP contribution in [0.25, 0.3) is 11.3 Å². The Morgan fingerprint density at radius 1 is 0.805 bits per heavy atom. The molecule has 1 atom stereocenters. The van der Waals surface area contributed by atoms with E-state index in [1.807, 2.05) is 6.07 Å². The SMILES string of the molecule is CC(C)(C)c1cc(-c2cnc(C(NCC3CCCCC3)C3CCCCC3)[nH]2)cc(C(C)(C)C)c1.Oc1ccccc1. The predicted octanol–water partition coefficient (Wildman–Crippen LogP) is 9.86. The third kappa shape index (κ3) is 9.20. The molecule has 4 heteroatoms. The number of aromatic amines is 1. The molecule has 0 bridgehead atoms. The van der Waals surface area contributed by atoms with Crippen LogP contribution in [0.4, 0.5) is 0 Å². The molecule has 0 aliphatic heterocycles. The second-order valence-corrected chi connectivity index (χ2v) is 14.6. The minimum Gasteiger partial charge on any atom is -0.508 e. The van der Waals surface area contributed by atoms with Gasteiger partial charge in [0, 0.05) is 5.56 Å². The molecule has 2 aliphatic carbocycles. The molecule has 2 fully saturated rings. The fraction of sp³-hybridized carbons (Fsp3) is 0.595. The van der Waals surface area contributed by atoms with E-state index in [2.05, 4.69) is 76.2 Å². The van der Waals surface area contributed by atoms with E-state index in [0.717, 1.165) is 24.0 Å². The number of imidazole rings is 1. The number of nitrogens with one attached hydrogen (secondary N) is 2. The highest BCUT2D eigenvalue weighted by Gasteiger charge is 2.29. The van der Waals surface area contributed by atoms with Crippen molar-refractivity contribution in [2.75, 3.05) is 6.54 Å². The monoisotopic (exact) mass is 557 g/mol. The largest absolute Gasteiger partial charge is 0.508 e. The van der Waals surface area contributed by atoms with Gasteiger partial charge in [-0.1, -0.05) is 104 Å². The smallest absolute Gasteiger partial charge is 0.123 e. The van der Waals surface area contributed by atoms with Crippen LogP contribution in [0.5, 0.6) is 5.75 Å². The Labute approximate surface area is 249 Å². The Morgan fingerprint density at radius 3 is 1.88 bits per heavy atom. The lowest BCUT2D eigenvalue weighted by molar-refractivity contribution is 0.242. The summed E-state index contributed by atoms with van der Waals surface area (Å²) in [4.78, 5) is 8.80. The number of benzene rings is 2. The van der Waals surface area contributed by atoms with Crippen LogP contribution >= 0.6 is 0 Å². The quantitative estimate of drug-likeness (QED) is 0.283. The van der Waals surface area contributed by atoms with Crippen molar-refractivity contribution in [3.05, 3.63) is 71.7 Å². The summed E-state index contributed by atoms with van der Waals surface area (Å²) >= 11 is 0. The lowest BCUT2D eigenvalue weighted by Crippen LogP contribution is -2.34. The first kappa shape index (κ1) is 31.3. The number of phenolic OH excluding ortho intramolecular Hbond substituents is 1. The minimum absolute atomic E-state index is 0.116. The molecule has 1 aromatic heterocycles. The number of aromatic nitrogens is 2. The van der Waals surface area contributed by atoms with Crippen molar-refractivity contribution in [2.45, 2.75) is 123 Å². The van der Waals surface area contributed by atoms with Gasteiger partial charge in [-0.25, -0.2) is 4.98 Å². The van der Waals surface area contributed by atoms with Crippen molar-refractivity contribution < 1.29 is 5.11 Å². The van der Waals surface area contributed by atoms with Crippen molar-refractivity contribution in [2.24, 2.45) is 11.8 Å². The number of hydrogen-bond acceptors (Lipinski definition) is 3. The van der Waals surface area contributed by atoms with Crippen LogP contribution in [0.3, 0.4) is 0 Å². The first-order chi connectivity index (χ1) is 19.5. The molecular weight excluding hydrogens is 502 g/mol. The summed E-state index contributed by atoms with van der Waals surface area (Å²) in [5.74, 6) is 3.01.